The third-order valence-electron chi connectivity index (χ3n) is 3.65. The monoisotopic (exact) mass is 397 g/mol. The molecule has 0 aromatic rings. The Kier molecular flexibility index (Phi) is 16.7. The molecule has 0 aliphatic heterocycles. The molecule has 0 spiro atoms. The standard InChI is InChI=1S/C13H29N.C4H6O7S/c1-4-7-8-9-10-13-14(11-5-2)12-6-3;5-3(6)1-2(4(7)8)12(9,10)11/h4-13H2,1-3H3;2H,1H2,(H,5,6)(H,7,8)(H,9,10,11). The highest BCUT2D eigenvalue weighted by Crippen LogP contribution is 2.05. The molecule has 1 atom stereocenters. The predicted molar refractivity (Wildman–Crippen MR) is 101 cm³/mol. The molecule has 0 fully saturated rings. The Bertz CT molecular complexity index is 474. The van der Waals surface area contributed by atoms with Gasteiger partial charge < -0.3 is 15.1 Å². The van der Waals surface area contributed by atoms with Crippen molar-refractivity contribution >= 4 is 22.1 Å². The summed E-state index contributed by atoms with van der Waals surface area (Å²) < 4.78 is 28.7. The third kappa shape index (κ3) is 16.3. The van der Waals surface area contributed by atoms with Gasteiger partial charge in [-0.1, -0.05) is 46.5 Å². The van der Waals surface area contributed by atoms with Crippen LogP contribution in [0.3, 0.4) is 0 Å². The van der Waals surface area contributed by atoms with Gasteiger partial charge in [-0.05, 0) is 38.9 Å². The van der Waals surface area contributed by atoms with Crippen molar-refractivity contribution in [3.8, 4) is 0 Å². The normalized spacial score (nSPS) is 12.3. The quantitative estimate of drug-likeness (QED) is 0.301. The van der Waals surface area contributed by atoms with Crippen LogP contribution in [0.2, 0.25) is 0 Å². The van der Waals surface area contributed by atoms with E-state index in [-0.39, 0.29) is 0 Å². The summed E-state index contributed by atoms with van der Waals surface area (Å²) in [5, 5.41) is 13.9. The highest BCUT2D eigenvalue weighted by Gasteiger charge is 2.33. The zero-order chi connectivity index (χ0) is 20.6. The highest BCUT2D eigenvalue weighted by atomic mass is 32.2. The maximum absolute atomic E-state index is 10.2. The number of carbonyl (C=O) groups is 2. The van der Waals surface area contributed by atoms with Crippen molar-refractivity contribution < 1.29 is 32.8 Å². The Labute approximate surface area is 157 Å². The molecule has 0 saturated carbocycles. The van der Waals surface area contributed by atoms with E-state index in [1.807, 2.05) is 0 Å². The zero-order valence-corrected chi connectivity index (χ0v) is 17.0. The fraction of sp³-hybridized carbons (Fsp3) is 0.882. The van der Waals surface area contributed by atoms with Gasteiger partial charge >= 0.3 is 11.9 Å². The van der Waals surface area contributed by atoms with Crippen LogP contribution in [0.15, 0.2) is 0 Å². The van der Waals surface area contributed by atoms with E-state index in [0.29, 0.717) is 0 Å². The van der Waals surface area contributed by atoms with E-state index in [4.69, 9.17) is 14.8 Å². The number of nitrogens with zero attached hydrogens (tertiary/aromatic N) is 1. The van der Waals surface area contributed by atoms with Crippen molar-refractivity contribution in [1.29, 1.82) is 0 Å². The fourth-order valence-electron chi connectivity index (χ4n) is 2.39. The number of hydrogen-bond acceptors (Lipinski definition) is 5. The molecule has 0 aliphatic carbocycles. The van der Waals surface area contributed by atoms with E-state index in [0.717, 1.165) is 0 Å². The second kappa shape index (κ2) is 16.0. The Morgan fingerprint density at radius 2 is 1.35 bits per heavy atom. The van der Waals surface area contributed by atoms with Crippen molar-refractivity contribution in [2.75, 3.05) is 19.6 Å². The molecule has 156 valence electrons. The lowest BCUT2D eigenvalue weighted by atomic mass is 10.1. The molecule has 0 heterocycles. The first-order valence-electron chi connectivity index (χ1n) is 9.23. The summed E-state index contributed by atoms with van der Waals surface area (Å²) in [5.41, 5.74) is 0. The highest BCUT2D eigenvalue weighted by molar-refractivity contribution is 7.87. The summed E-state index contributed by atoms with van der Waals surface area (Å²) in [4.78, 5) is 22.6. The summed E-state index contributed by atoms with van der Waals surface area (Å²) in [6.07, 6.45) is 8.48. The average Bonchev–Trinajstić information content (AvgIpc) is 2.52. The number of rotatable bonds is 14. The summed E-state index contributed by atoms with van der Waals surface area (Å²) in [6, 6.07) is 0. The summed E-state index contributed by atoms with van der Waals surface area (Å²) >= 11 is 0. The predicted octanol–water partition coefficient (Wildman–Crippen LogP) is 2.88. The number of carboxylic acids is 2. The van der Waals surface area contributed by atoms with E-state index in [9.17, 15) is 18.0 Å². The van der Waals surface area contributed by atoms with Crippen LogP contribution in [-0.4, -0.2) is 64.9 Å². The Hall–Kier alpha value is -1.19. The van der Waals surface area contributed by atoms with Gasteiger partial charge in [-0.3, -0.25) is 14.1 Å². The lowest BCUT2D eigenvalue weighted by molar-refractivity contribution is -0.143. The topological polar surface area (TPSA) is 132 Å². The van der Waals surface area contributed by atoms with Gasteiger partial charge in [0.25, 0.3) is 10.1 Å². The number of aliphatic carboxylic acids is 2. The minimum atomic E-state index is -4.84. The minimum Gasteiger partial charge on any atom is -0.481 e. The molecule has 0 radical (unpaired) electrons. The number of hydrogen-bond donors (Lipinski definition) is 3. The summed E-state index contributed by atoms with van der Waals surface area (Å²) in [7, 11) is -4.84. The van der Waals surface area contributed by atoms with Crippen molar-refractivity contribution in [3.05, 3.63) is 0 Å². The largest absolute Gasteiger partial charge is 0.481 e. The maximum atomic E-state index is 10.2. The molecule has 26 heavy (non-hydrogen) atoms. The van der Waals surface area contributed by atoms with Crippen LogP contribution in [-0.2, 0) is 19.7 Å². The molecule has 0 aromatic heterocycles. The van der Waals surface area contributed by atoms with Gasteiger partial charge in [-0.25, -0.2) is 0 Å². The average molecular weight is 398 g/mol. The van der Waals surface area contributed by atoms with E-state index in [1.54, 1.807) is 0 Å². The fourth-order valence-corrected chi connectivity index (χ4v) is 2.99. The molecule has 9 heteroatoms. The van der Waals surface area contributed by atoms with Gasteiger partial charge in [0, 0.05) is 0 Å². The minimum absolute atomic E-state index is 1.16. The maximum Gasteiger partial charge on any atom is 0.325 e. The third-order valence-corrected chi connectivity index (χ3v) is 4.74. The lowest BCUT2D eigenvalue weighted by Crippen LogP contribution is -2.31. The molecule has 3 N–H and O–H groups in total. The second-order valence-corrected chi connectivity index (χ2v) is 7.79. The molecular weight excluding hydrogens is 362 g/mol. The van der Waals surface area contributed by atoms with E-state index >= 15 is 0 Å². The van der Waals surface area contributed by atoms with Crippen LogP contribution >= 0.6 is 0 Å². The first-order chi connectivity index (χ1) is 12.1. The van der Waals surface area contributed by atoms with Gasteiger partial charge in [0.1, 0.15) is 0 Å². The molecule has 0 aliphatic rings. The van der Waals surface area contributed by atoms with Crippen molar-refractivity contribution in [2.24, 2.45) is 0 Å². The van der Waals surface area contributed by atoms with E-state index in [2.05, 4.69) is 25.7 Å². The van der Waals surface area contributed by atoms with Crippen molar-refractivity contribution in [2.45, 2.75) is 77.4 Å². The number of carboxylic acid groups (broad SMARTS) is 2. The summed E-state index contributed by atoms with van der Waals surface area (Å²) in [5.74, 6) is -3.50. The van der Waals surface area contributed by atoms with Gasteiger partial charge in [0.15, 0.2) is 5.25 Å². The molecule has 0 bridgehead atoms. The second-order valence-electron chi connectivity index (χ2n) is 6.20. The van der Waals surface area contributed by atoms with Crippen molar-refractivity contribution in [1.82, 2.24) is 4.90 Å². The van der Waals surface area contributed by atoms with E-state index in [1.165, 1.54) is 64.6 Å². The van der Waals surface area contributed by atoms with E-state index < -0.39 is 33.7 Å². The van der Waals surface area contributed by atoms with Crippen LogP contribution in [0.4, 0.5) is 0 Å². The van der Waals surface area contributed by atoms with Crippen LogP contribution < -0.4 is 0 Å². The first-order valence-corrected chi connectivity index (χ1v) is 10.7. The Morgan fingerprint density at radius 1 is 0.846 bits per heavy atom. The Balaban J connectivity index is 0. The van der Waals surface area contributed by atoms with Crippen LogP contribution in [0.5, 0.6) is 0 Å². The zero-order valence-electron chi connectivity index (χ0n) is 16.2. The van der Waals surface area contributed by atoms with Crippen LogP contribution in [0.1, 0.15) is 72.1 Å². The molecule has 8 nitrogen and oxygen atoms in total. The van der Waals surface area contributed by atoms with Crippen LogP contribution in [0, 0.1) is 0 Å². The molecular formula is C17H35NO7S. The lowest BCUT2D eigenvalue weighted by Gasteiger charge is -2.20. The van der Waals surface area contributed by atoms with Gasteiger partial charge in [-0.2, -0.15) is 8.42 Å². The molecule has 0 amide bonds. The molecule has 0 saturated heterocycles. The summed E-state index contributed by atoms with van der Waals surface area (Å²) in [6.45, 7) is 10.7. The van der Waals surface area contributed by atoms with Gasteiger partial charge in [0.05, 0.1) is 6.42 Å². The first kappa shape index (κ1) is 27.0. The number of unbranched alkanes of at least 4 members (excludes halogenated alkanes) is 4. The van der Waals surface area contributed by atoms with Gasteiger partial charge in [-0.15, -0.1) is 0 Å². The molecule has 0 rings (SSSR count). The van der Waals surface area contributed by atoms with Crippen LogP contribution in [0.25, 0.3) is 0 Å². The van der Waals surface area contributed by atoms with Crippen molar-refractivity contribution in [3.63, 3.8) is 0 Å². The Morgan fingerprint density at radius 3 is 1.65 bits per heavy atom. The molecule has 0 aromatic carbocycles. The van der Waals surface area contributed by atoms with Gasteiger partial charge in [0.2, 0.25) is 0 Å². The SMILES string of the molecule is CCCCCCCN(CCC)CCC.O=C(O)CC(C(=O)O)S(=O)(=O)O. The smallest absolute Gasteiger partial charge is 0.325 e. The molecule has 1 unspecified atom stereocenters.